The molecule has 0 spiro atoms. The Balaban J connectivity index is 1.69. The quantitative estimate of drug-likeness (QED) is 0.864. The first kappa shape index (κ1) is 14.5. The number of rotatable bonds is 6. The number of carbonyl (C=O) groups is 1. The minimum atomic E-state index is 0.117. The van der Waals surface area contributed by atoms with Gasteiger partial charge in [-0.1, -0.05) is 6.07 Å². The van der Waals surface area contributed by atoms with Crippen LogP contribution in [-0.4, -0.2) is 44.2 Å². The summed E-state index contributed by atoms with van der Waals surface area (Å²) in [6.45, 7) is 3.94. The van der Waals surface area contributed by atoms with Crippen LogP contribution in [0.4, 0.5) is 0 Å². The number of piperidine rings is 1. The van der Waals surface area contributed by atoms with Crippen molar-refractivity contribution in [1.82, 2.24) is 10.2 Å². The van der Waals surface area contributed by atoms with E-state index in [0.29, 0.717) is 19.0 Å². The SMILES string of the molecule is COC[C@@H]1CCCN(CC(=O)NCc2cccs2)C1. The number of amides is 1. The molecule has 0 bridgehead atoms. The van der Waals surface area contributed by atoms with Crippen molar-refractivity contribution in [2.75, 3.05) is 33.4 Å². The molecule has 1 amide bonds. The van der Waals surface area contributed by atoms with Gasteiger partial charge in [-0.15, -0.1) is 11.3 Å². The summed E-state index contributed by atoms with van der Waals surface area (Å²) in [5, 5.41) is 5.01. The summed E-state index contributed by atoms with van der Waals surface area (Å²) in [6, 6.07) is 4.05. The number of carbonyl (C=O) groups excluding carboxylic acids is 1. The molecule has 1 N–H and O–H groups in total. The van der Waals surface area contributed by atoms with Crippen LogP contribution in [0, 0.1) is 5.92 Å². The van der Waals surface area contributed by atoms with E-state index in [1.165, 1.54) is 11.3 Å². The van der Waals surface area contributed by atoms with E-state index in [9.17, 15) is 4.79 Å². The third-order valence-corrected chi connectivity index (χ3v) is 4.29. The van der Waals surface area contributed by atoms with Gasteiger partial charge in [0.05, 0.1) is 19.7 Å². The number of methoxy groups -OCH3 is 1. The van der Waals surface area contributed by atoms with Gasteiger partial charge in [-0.05, 0) is 36.8 Å². The molecule has 2 rings (SSSR count). The van der Waals surface area contributed by atoms with Crippen LogP contribution in [0.3, 0.4) is 0 Å². The van der Waals surface area contributed by atoms with Gasteiger partial charge in [0.15, 0.2) is 0 Å². The molecule has 5 heteroatoms. The number of ether oxygens (including phenoxy) is 1. The van der Waals surface area contributed by atoms with E-state index in [-0.39, 0.29) is 5.91 Å². The molecule has 2 heterocycles. The normalized spacial score (nSPS) is 20.4. The van der Waals surface area contributed by atoms with E-state index in [2.05, 4.69) is 10.2 Å². The second kappa shape index (κ2) is 7.62. The lowest BCUT2D eigenvalue weighted by molar-refractivity contribution is -0.122. The number of nitrogens with one attached hydrogen (secondary N) is 1. The first-order valence-electron chi connectivity index (χ1n) is 6.78. The van der Waals surface area contributed by atoms with Crippen molar-refractivity contribution in [2.45, 2.75) is 19.4 Å². The predicted octanol–water partition coefficient (Wildman–Crippen LogP) is 1.72. The number of hydrogen-bond donors (Lipinski definition) is 1. The summed E-state index contributed by atoms with van der Waals surface area (Å²) in [5.74, 6) is 0.690. The number of thiophene rings is 1. The Hall–Kier alpha value is -0.910. The van der Waals surface area contributed by atoms with Gasteiger partial charge in [0.2, 0.25) is 5.91 Å². The molecule has 0 aliphatic carbocycles. The summed E-state index contributed by atoms with van der Waals surface area (Å²) < 4.78 is 5.21. The monoisotopic (exact) mass is 282 g/mol. The van der Waals surface area contributed by atoms with Crippen molar-refractivity contribution in [3.05, 3.63) is 22.4 Å². The Bertz CT molecular complexity index is 379. The molecular weight excluding hydrogens is 260 g/mol. The van der Waals surface area contributed by atoms with Crippen LogP contribution in [0.15, 0.2) is 17.5 Å². The molecule has 1 fully saturated rings. The molecule has 1 aliphatic rings. The lowest BCUT2D eigenvalue weighted by Crippen LogP contribution is -2.43. The molecule has 0 aromatic carbocycles. The standard InChI is InChI=1S/C14H22N2O2S/c1-18-11-12-4-2-6-16(9-12)10-14(17)15-8-13-5-3-7-19-13/h3,5,7,12H,2,4,6,8-11H2,1H3,(H,15,17)/t12-/m1/s1. The Morgan fingerprint density at radius 2 is 2.53 bits per heavy atom. The zero-order valence-corrected chi connectivity index (χ0v) is 12.2. The summed E-state index contributed by atoms with van der Waals surface area (Å²) in [5.41, 5.74) is 0. The van der Waals surface area contributed by atoms with E-state index < -0.39 is 0 Å². The highest BCUT2D eigenvalue weighted by molar-refractivity contribution is 7.09. The summed E-state index contributed by atoms with van der Waals surface area (Å²) in [6.07, 6.45) is 2.37. The van der Waals surface area contributed by atoms with E-state index in [4.69, 9.17) is 4.74 Å². The summed E-state index contributed by atoms with van der Waals surface area (Å²) >= 11 is 1.67. The molecule has 1 aliphatic heterocycles. The molecule has 1 aromatic heterocycles. The van der Waals surface area contributed by atoms with Gasteiger partial charge >= 0.3 is 0 Å². The highest BCUT2D eigenvalue weighted by atomic mass is 32.1. The smallest absolute Gasteiger partial charge is 0.234 e. The summed E-state index contributed by atoms with van der Waals surface area (Å²) in [7, 11) is 1.74. The first-order valence-corrected chi connectivity index (χ1v) is 7.66. The van der Waals surface area contributed by atoms with Crippen LogP contribution in [0.25, 0.3) is 0 Å². The highest BCUT2D eigenvalue weighted by Gasteiger charge is 2.21. The van der Waals surface area contributed by atoms with Gasteiger partial charge in [0, 0.05) is 18.5 Å². The second-order valence-electron chi connectivity index (χ2n) is 5.05. The van der Waals surface area contributed by atoms with Crippen molar-refractivity contribution in [2.24, 2.45) is 5.92 Å². The molecule has 1 aromatic rings. The Kier molecular flexibility index (Phi) is 5.82. The average molecular weight is 282 g/mol. The lowest BCUT2D eigenvalue weighted by atomic mass is 9.99. The fraction of sp³-hybridized carbons (Fsp3) is 0.643. The van der Waals surface area contributed by atoms with Gasteiger partial charge in [0.1, 0.15) is 0 Å². The maximum Gasteiger partial charge on any atom is 0.234 e. The molecule has 106 valence electrons. The zero-order valence-electron chi connectivity index (χ0n) is 11.4. The van der Waals surface area contributed by atoms with Gasteiger partial charge in [-0.25, -0.2) is 0 Å². The maximum absolute atomic E-state index is 11.9. The van der Waals surface area contributed by atoms with Crippen molar-refractivity contribution in [1.29, 1.82) is 0 Å². The van der Waals surface area contributed by atoms with E-state index in [1.807, 2.05) is 17.5 Å². The van der Waals surface area contributed by atoms with Crippen LogP contribution in [0.5, 0.6) is 0 Å². The molecule has 0 radical (unpaired) electrons. The van der Waals surface area contributed by atoms with Crippen LogP contribution >= 0.6 is 11.3 Å². The van der Waals surface area contributed by atoms with Crippen molar-refractivity contribution < 1.29 is 9.53 Å². The number of nitrogens with zero attached hydrogens (tertiary/aromatic N) is 1. The fourth-order valence-electron chi connectivity index (χ4n) is 2.52. The molecule has 1 atom stereocenters. The van der Waals surface area contributed by atoms with Crippen molar-refractivity contribution in [3.63, 3.8) is 0 Å². The Labute approximate surface area is 118 Å². The third kappa shape index (κ3) is 4.93. The predicted molar refractivity (Wildman–Crippen MR) is 77.2 cm³/mol. The molecule has 19 heavy (non-hydrogen) atoms. The number of likely N-dealkylation sites (tertiary alicyclic amines) is 1. The van der Waals surface area contributed by atoms with Crippen LogP contribution in [0.1, 0.15) is 17.7 Å². The van der Waals surface area contributed by atoms with Crippen LogP contribution < -0.4 is 5.32 Å². The Morgan fingerprint density at radius 3 is 3.26 bits per heavy atom. The average Bonchev–Trinajstić information content (AvgIpc) is 2.90. The third-order valence-electron chi connectivity index (χ3n) is 3.41. The van der Waals surface area contributed by atoms with Crippen LogP contribution in [-0.2, 0) is 16.1 Å². The topological polar surface area (TPSA) is 41.6 Å². The van der Waals surface area contributed by atoms with Gasteiger partial charge < -0.3 is 10.1 Å². The minimum Gasteiger partial charge on any atom is -0.384 e. The van der Waals surface area contributed by atoms with Gasteiger partial charge in [-0.3, -0.25) is 9.69 Å². The van der Waals surface area contributed by atoms with Gasteiger partial charge in [-0.2, -0.15) is 0 Å². The van der Waals surface area contributed by atoms with Crippen molar-refractivity contribution >= 4 is 17.2 Å². The molecular formula is C14H22N2O2S. The molecule has 0 unspecified atom stereocenters. The van der Waals surface area contributed by atoms with Gasteiger partial charge in [0.25, 0.3) is 0 Å². The number of hydrogen-bond acceptors (Lipinski definition) is 4. The van der Waals surface area contributed by atoms with Crippen molar-refractivity contribution in [3.8, 4) is 0 Å². The largest absolute Gasteiger partial charge is 0.384 e. The van der Waals surface area contributed by atoms with E-state index >= 15 is 0 Å². The molecule has 0 saturated carbocycles. The Morgan fingerprint density at radius 1 is 1.63 bits per heavy atom. The second-order valence-corrected chi connectivity index (χ2v) is 6.09. The minimum absolute atomic E-state index is 0.117. The molecule has 1 saturated heterocycles. The fourth-order valence-corrected chi connectivity index (χ4v) is 3.17. The maximum atomic E-state index is 11.9. The summed E-state index contributed by atoms with van der Waals surface area (Å²) in [4.78, 5) is 15.3. The molecule has 4 nitrogen and oxygen atoms in total. The van der Waals surface area contributed by atoms with E-state index in [0.717, 1.165) is 26.1 Å². The van der Waals surface area contributed by atoms with Crippen LogP contribution in [0.2, 0.25) is 0 Å². The zero-order chi connectivity index (χ0) is 13.5. The lowest BCUT2D eigenvalue weighted by Gasteiger charge is -2.31. The highest BCUT2D eigenvalue weighted by Crippen LogP contribution is 2.16. The van der Waals surface area contributed by atoms with E-state index in [1.54, 1.807) is 18.4 Å². The first-order chi connectivity index (χ1) is 9.28.